The van der Waals surface area contributed by atoms with Crippen LogP contribution in [0.4, 0.5) is 19.3 Å². The lowest BCUT2D eigenvalue weighted by Gasteiger charge is -2.21. The zero-order valence-electron chi connectivity index (χ0n) is 10.4. The number of rotatable bonds is 6. The van der Waals surface area contributed by atoms with Crippen molar-refractivity contribution >= 4 is 11.7 Å². The molecule has 19 heavy (non-hydrogen) atoms. The van der Waals surface area contributed by atoms with Crippen molar-refractivity contribution in [3.05, 3.63) is 29.8 Å². The van der Waals surface area contributed by atoms with Gasteiger partial charge in [-0.3, -0.25) is 0 Å². The van der Waals surface area contributed by atoms with Gasteiger partial charge in [0.05, 0.1) is 13.2 Å². The summed E-state index contributed by atoms with van der Waals surface area (Å²) in [7, 11) is 0. The summed E-state index contributed by atoms with van der Waals surface area (Å²) in [5.74, 6) is 0. The molecule has 0 aromatic heterocycles. The van der Waals surface area contributed by atoms with Gasteiger partial charge in [0.15, 0.2) is 0 Å². The fraction of sp³-hybridized carbons (Fsp3) is 0.417. The van der Waals surface area contributed by atoms with Gasteiger partial charge in [0.1, 0.15) is 0 Å². The maximum Gasteiger partial charge on any atom is 0.322 e. The number of amides is 2. The lowest BCUT2D eigenvalue weighted by Crippen LogP contribution is -2.40. The molecule has 0 aliphatic carbocycles. The van der Waals surface area contributed by atoms with Crippen LogP contribution in [0.15, 0.2) is 24.3 Å². The maximum atomic E-state index is 12.3. The van der Waals surface area contributed by atoms with E-state index in [1.54, 1.807) is 24.3 Å². The van der Waals surface area contributed by atoms with E-state index in [9.17, 15) is 13.6 Å². The Balaban J connectivity index is 2.63. The van der Waals surface area contributed by atoms with Crippen LogP contribution in [0.3, 0.4) is 0 Å². The first-order valence-electron chi connectivity index (χ1n) is 5.80. The van der Waals surface area contributed by atoms with Crippen LogP contribution in [-0.4, -0.2) is 42.2 Å². The third-order valence-electron chi connectivity index (χ3n) is 2.46. The summed E-state index contributed by atoms with van der Waals surface area (Å²) in [4.78, 5) is 12.6. The van der Waals surface area contributed by atoms with Crippen molar-refractivity contribution in [1.29, 1.82) is 0 Å². The minimum Gasteiger partial charge on any atom is -0.395 e. The number of halogens is 2. The van der Waals surface area contributed by atoms with Gasteiger partial charge >= 0.3 is 6.03 Å². The molecule has 1 aromatic rings. The fourth-order valence-electron chi connectivity index (χ4n) is 1.49. The van der Waals surface area contributed by atoms with Gasteiger partial charge in [0.2, 0.25) is 0 Å². The number of benzene rings is 1. The standard InChI is InChI=1S/C12H17F2N3O2/c13-11(14)8-17(5-6-18)12(19)16-10-3-1-9(7-15)2-4-10/h1-4,11,18H,5-8,15H2,(H,16,19). The van der Waals surface area contributed by atoms with Crippen molar-refractivity contribution in [2.75, 3.05) is 25.0 Å². The summed E-state index contributed by atoms with van der Waals surface area (Å²) in [6.07, 6.45) is -2.64. The van der Waals surface area contributed by atoms with E-state index in [0.717, 1.165) is 10.5 Å². The predicted octanol–water partition coefficient (Wildman–Crippen LogP) is 1.24. The molecule has 4 N–H and O–H groups in total. The van der Waals surface area contributed by atoms with Gasteiger partial charge in [-0.05, 0) is 17.7 Å². The highest BCUT2D eigenvalue weighted by Crippen LogP contribution is 2.10. The average Bonchev–Trinajstić information content (AvgIpc) is 2.38. The molecule has 1 aromatic carbocycles. The number of nitrogens with two attached hydrogens (primary N) is 1. The number of aliphatic hydroxyl groups is 1. The number of hydrogen-bond acceptors (Lipinski definition) is 3. The minimum absolute atomic E-state index is 0.142. The predicted molar refractivity (Wildman–Crippen MR) is 68.0 cm³/mol. The highest BCUT2D eigenvalue weighted by Gasteiger charge is 2.17. The molecule has 0 saturated carbocycles. The third-order valence-corrected chi connectivity index (χ3v) is 2.46. The quantitative estimate of drug-likeness (QED) is 0.729. The number of carbonyl (C=O) groups excluding carboxylic acids is 1. The summed E-state index contributed by atoms with van der Waals surface area (Å²) in [6.45, 7) is -0.840. The van der Waals surface area contributed by atoms with E-state index in [-0.39, 0.29) is 13.2 Å². The minimum atomic E-state index is -2.64. The molecule has 106 valence electrons. The third kappa shape index (κ3) is 5.19. The van der Waals surface area contributed by atoms with E-state index in [1.807, 2.05) is 0 Å². The van der Waals surface area contributed by atoms with Crippen LogP contribution < -0.4 is 11.1 Å². The van der Waals surface area contributed by atoms with E-state index in [0.29, 0.717) is 12.2 Å². The molecule has 7 heteroatoms. The lowest BCUT2D eigenvalue weighted by atomic mass is 10.2. The van der Waals surface area contributed by atoms with Crippen molar-refractivity contribution in [1.82, 2.24) is 4.90 Å². The number of nitrogens with zero attached hydrogens (tertiary/aromatic N) is 1. The van der Waals surface area contributed by atoms with Crippen molar-refractivity contribution in [3.63, 3.8) is 0 Å². The number of urea groups is 1. The van der Waals surface area contributed by atoms with Gasteiger partial charge in [-0.25, -0.2) is 13.6 Å². The van der Waals surface area contributed by atoms with Crippen LogP contribution in [-0.2, 0) is 6.54 Å². The highest BCUT2D eigenvalue weighted by molar-refractivity contribution is 5.89. The summed E-state index contributed by atoms with van der Waals surface area (Å²) in [5.41, 5.74) is 6.82. The van der Waals surface area contributed by atoms with Gasteiger partial charge in [-0.15, -0.1) is 0 Å². The first-order valence-corrected chi connectivity index (χ1v) is 5.80. The van der Waals surface area contributed by atoms with Crippen molar-refractivity contribution in [2.24, 2.45) is 5.73 Å². The fourth-order valence-corrected chi connectivity index (χ4v) is 1.49. The SMILES string of the molecule is NCc1ccc(NC(=O)N(CCO)CC(F)F)cc1. The molecule has 0 atom stereocenters. The Morgan fingerprint density at radius 1 is 1.37 bits per heavy atom. The summed E-state index contributed by atoms with van der Waals surface area (Å²) in [6, 6.07) is 6.08. The number of alkyl halides is 2. The van der Waals surface area contributed by atoms with Gasteiger partial charge in [-0.1, -0.05) is 12.1 Å². The molecule has 0 aliphatic heterocycles. The molecule has 5 nitrogen and oxygen atoms in total. The van der Waals surface area contributed by atoms with E-state index >= 15 is 0 Å². The number of hydrogen-bond donors (Lipinski definition) is 3. The van der Waals surface area contributed by atoms with Crippen LogP contribution in [0, 0.1) is 0 Å². The lowest BCUT2D eigenvalue weighted by molar-refractivity contribution is 0.0943. The summed E-state index contributed by atoms with van der Waals surface area (Å²) in [5, 5.41) is 11.2. The van der Waals surface area contributed by atoms with Crippen LogP contribution in [0.1, 0.15) is 5.56 Å². The molecule has 0 fully saturated rings. The zero-order valence-corrected chi connectivity index (χ0v) is 10.4. The highest BCUT2D eigenvalue weighted by atomic mass is 19.3. The molecule has 0 aliphatic rings. The van der Waals surface area contributed by atoms with Crippen LogP contribution in [0.5, 0.6) is 0 Å². The Hall–Kier alpha value is -1.73. The molecular formula is C12H17F2N3O2. The van der Waals surface area contributed by atoms with Crippen LogP contribution in [0.2, 0.25) is 0 Å². The van der Waals surface area contributed by atoms with Crippen LogP contribution in [0.25, 0.3) is 0 Å². The molecule has 0 bridgehead atoms. The Morgan fingerprint density at radius 2 is 2.00 bits per heavy atom. The second-order valence-corrected chi connectivity index (χ2v) is 3.89. The molecule has 1 rings (SSSR count). The van der Waals surface area contributed by atoms with Crippen molar-refractivity contribution in [2.45, 2.75) is 13.0 Å². The Labute approximate surface area is 110 Å². The number of nitrogens with one attached hydrogen (secondary N) is 1. The van der Waals surface area contributed by atoms with Crippen LogP contribution >= 0.6 is 0 Å². The number of aliphatic hydroxyl groups excluding tert-OH is 1. The van der Waals surface area contributed by atoms with Crippen molar-refractivity contribution < 1.29 is 18.7 Å². The number of anilines is 1. The largest absolute Gasteiger partial charge is 0.395 e. The molecular weight excluding hydrogens is 256 g/mol. The van der Waals surface area contributed by atoms with Gasteiger partial charge in [-0.2, -0.15) is 0 Å². The average molecular weight is 273 g/mol. The van der Waals surface area contributed by atoms with E-state index in [4.69, 9.17) is 10.8 Å². The summed E-state index contributed by atoms with van der Waals surface area (Å²) < 4.78 is 24.6. The molecule has 2 amide bonds. The van der Waals surface area contributed by atoms with Gasteiger partial charge in [0.25, 0.3) is 6.43 Å². The number of carbonyl (C=O) groups is 1. The van der Waals surface area contributed by atoms with E-state index in [2.05, 4.69) is 5.32 Å². The first kappa shape index (κ1) is 15.3. The molecule has 0 radical (unpaired) electrons. The Kier molecular flexibility index (Phi) is 6.17. The normalized spacial score (nSPS) is 10.6. The van der Waals surface area contributed by atoms with E-state index < -0.39 is 19.0 Å². The molecule has 0 heterocycles. The van der Waals surface area contributed by atoms with Gasteiger partial charge in [0, 0.05) is 18.8 Å². The zero-order chi connectivity index (χ0) is 14.3. The van der Waals surface area contributed by atoms with Gasteiger partial charge < -0.3 is 21.1 Å². The molecule has 0 spiro atoms. The molecule has 0 unspecified atom stereocenters. The topological polar surface area (TPSA) is 78.6 Å². The second-order valence-electron chi connectivity index (χ2n) is 3.89. The Bertz CT molecular complexity index is 398. The molecule has 0 saturated heterocycles. The second kappa shape index (κ2) is 7.65. The van der Waals surface area contributed by atoms with Crippen molar-refractivity contribution in [3.8, 4) is 0 Å². The Morgan fingerprint density at radius 3 is 2.47 bits per heavy atom. The summed E-state index contributed by atoms with van der Waals surface area (Å²) >= 11 is 0. The van der Waals surface area contributed by atoms with E-state index in [1.165, 1.54) is 0 Å². The first-order chi connectivity index (χ1) is 9.06. The maximum absolute atomic E-state index is 12.3. The smallest absolute Gasteiger partial charge is 0.322 e. The monoisotopic (exact) mass is 273 g/mol.